The van der Waals surface area contributed by atoms with Crippen molar-refractivity contribution in [1.82, 2.24) is 0 Å². The summed E-state index contributed by atoms with van der Waals surface area (Å²) in [7, 11) is 1.88. The van der Waals surface area contributed by atoms with Gasteiger partial charge in [0.25, 0.3) is 0 Å². The Morgan fingerprint density at radius 2 is 1.44 bits per heavy atom. The molecular weight excluding hydrogens is 416 g/mol. The third kappa shape index (κ3) is 6.87. The summed E-state index contributed by atoms with van der Waals surface area (Å²) in [6.45, 7) is 4.54. The van der Waals surface area contributed by atoms with Gasteiger partial charge in [-0.2, -0.15) is 0 Å². The highest BCUT2D eigenvalue weighted by atomic mass is 16.5. The van der Waals surface area contributed by atoms with Crippen LogP contribution in [0.1, 0.15) is 112 Å². The van der Waals surface area contributed by atoms with E-state index in [1.54, 1.807) is 5.56 Å². The van der Waals surface area contributed by atoms with E-state index in [2.05, 4.69) is 62.4 Å². The quantitative estimate of drug-likeness (QED) is 0.426. The summed E-state index contributed by atoms with van der Waals surface area (Å²) >= 11 is 0. The lowest BCUT2D eigenvalue weighted by Gasteiger charge is -2.31. The van der Waals surface area contributed by atoms with Crippen molar-refractivity contribution in [1.29, 1.82) is 0 Å². The maximum atomic E-state index is 6.81. The van der Waals surface area contributed by atoms with E-state index >= 15 is 0 Å². The van der Waals surface area contributed by atoms with Gasteiger partial charge in [-0.1, -0.05) is 74.2 Å². The Morgan fingerprint density at radius 1 is 0.765 bits per heavy atom. The Balaban J connectivity index is 1.40. The van der Waals surface area contributed by atoms with Crippen molar-refractivity contribution in [3.8, 4) is 5.75 Å². The van der Waals surface area contributed by atoms with Gasteiger partial charge in [0.15, 0.2) is 0 Å². The van der Waals surface area contributed by atoms with E-state index in [0.29, 0.717) is 24.0 Å². The summed E-state index contributed by atoms with van der Waals surface area (Å²) in [5.41, 5.74) is 4.40. The summed E-state index contributed by atoms with van der Waals surface area (Å²) in [6, 6.07) is 18.2. The van der Waals surface area contributed by atoms with Crippen molar-refractivity contribution in [2.45, 2.75) is 115 Å². The maximum absolute atomic E-state index is 6.81. The molecule has 0 saturated heterocycles. The van der Waals surface area contributed by atoms with Crippen molar-refractivity contribution in [3.05, 3.63) is 65.2 Å². The molecule has 0 aromatic heterocycles. The monoisotopic (exact) mass is 462 g/mol. The van der Waals surface area contributed by atoms with Gasteiger partial charge in [0.05, 0.1) is 12.2 Å². The third-order valence-electron chi connectivity index (χ3n) is 8.53. The molecule has 4 rings (SSSR count). The van der Waals surface area contributed by atoms with Gasteiger partial charge in [-0.05, 0) is 99.7 Å². The van der Waals surface area contributed by atoms with Gasteiger partial charge in [-0.25, -0.2) is 0 Å². The molecule has 2 aromatic rings. The van der Waals surface area contributed by atoms with E-state index in [4.69, 9.17) is 9.47 Å². The summed E-state index contributed by atoms with van der Waals surface area (Å²) in [4.78, 5) is 0. The minimum absolute atomic E-state index is 0.336. The van der Waals surface area contributed by atoms with Crippen LogP contribution in [0.3, 0.4) is 0 Å². The van der Waals surface area contributed by atoms with E-state index < -0.39 is 0 Å². The van der Waals surface area contributed by atoms with Gasteiger partial charge in [0.2, 0.25) is 0 Å². The van der Waals surface area contributed by atoms with Gasteiger partial charge in [0, 0.05) is 7.11 Å². The highest BCUT2D eigenvalue weighted by Crippen LogP contribution is 2.40. The van der Waals surface area contributed by atoms with Crippen molar-refractivity contribution in [2.24, 2.45) is 5.92 Å². The van der Waals surface area contributed by atoms with Gasteiger partial charge in [-0.15, -0.1) is 0 Å². The molecule has 2 aliphatic carbocycles. The molecule has 3 atom stereocenters. The molecular formula is C32H46O2. The second-order valence-corrected chi connectivity index (χ2v) is 11.0. The Kier molecular flexibility index (Phi) is 9.50. The summed E-state index contributed by atoms with van der Waals surface area (Å²) < 4.78 is 12.5. The number of methoxy groups -OCH3 is 1. The van der Waals surface area contributed by atoms with Crippen molar-refractivity contribution < 1.29 is 9.47 Å². The number of hydrogen-bond acceptors (Lipinski definition) is 2. The normalized spacial score (nSPS) is 28.9. The van der Waals surface area contributed by atoms with Gasteiger partial charge < -0.3 is 9.47 Å². The number of para-hydroxylation sites is 1. The zero-order chi connectivity index (χ0) is 23.8. The molecule has 2 aliphatic rings. The molecule has 0 amide bonds. The van der Waals surface area contributed by atoms with Crippen LogP contribution in [0.15, 0.2) is 48.5 Å². The van der Waals surface area contributed by atoms with Crippen molar-refractivity contribution in [2.75, 3.05) is 7.11 Å². The predicted molar refractivity (Wildman–Crippen MR) is 143 cm³/mol. The second-order valence-electron chi connectivity index (χ2n) is 11.0. The molecule has 2 fully saturated rings. The first-order valence-electron chi connectivity index (χ1n) is 14.0. The molecule has 186 valence electrons. The minimum atomic E-state index is 0.336. The topological polar surface area (TPSA) is 18.5 Å². The molecule has 2 nitrogen and oxygen atoms in total. The highest BCUT2D eigenvalue weighted by molar-refractivity contribution is 5.36. The molecule has 2 saturated carbocycles. The predicted octanol–water partition coefficient (Wildman–Crippen LogP) is 8.97. The first-order valence-corrected chi connectivity index (χ1v) is 14.0. The lowest BCUT2D eigenvalue weighted by molar-refractivity contribution is 0.0425. The third-order valence-corrected chi connectivity index (χ3v) is 8.53. The van der Waals surface area contributed by atoms with Crippen LogP contribution in [0.5, 0.6) is 5.75 Å². The van der Waals surface area contributed by atoms with Crippen LogP contribution >= 0.6 is 0 Å². The fourth-order valence-corrected chi connectivity index (χ4v) is 6.49. The molecule has 0 bridgehead atoms. The minimum Gasteiger partial charge on any atom is -0.490 e. The Hall–Kier alpha value is -1.80. The fraction of sp³-hybridized carbons (Fsp3) is 0.625. The molecule has 2 aromatic carbocycles. The van der Waals surface area contributed by atoms with Crippen LogP contribution < -0.4 is 4.74 Å². The van der Waals surface area contributed by atoms with Crippen LogP contribution in [-0.4, -0.2) is 19.3 Å². The molecule has 0 radical (unpaired) electrons. The smallest absolute Gasteiger partial charge is 0.123 e. The number of hydrogen-bond donors (Lipinski definition) is 0. The van der Waals surface area contributed by atoms with E-state index in [9.17, 15) is 0 Å². The molecule has 0 spiro atoms. The number of rotatable bonds is 6. The highest BCUT2D eigenvalue weighted by Gasteiger charge is 2.26. The van der Waals surface area contributed by atoms with Gasteiger partial charge in [0.1, 0.15) is 5.75 Å². The zero-order valence-electron chi connectivity index (χ0n) is 21.8. The van der Waals surface area contributed by atoms with Crippen LogP contribution in [0.2, 0.25) is 0 Å². The molecule has 0 aliphatic heterocycles. The number of aryl methyl sites for hydroxylation is 1. The maximum Gasteiger partial charge on any atom is 0.123 e. The Labute approximate surface area is 208 Å². The molecule has 0 N–H and O–H groups in total. The SMILES string of the molecule is CCC1CC(OC)CCCC(Oc2ccccc2C2CCCC(c3cccc(C)c3)CCC2)C1. The second kappa shape index (κ2) is 12.8. The fourth-order valence-electron chi connectivity index (χ4n) is 6.49. The zero-order valence-corrected chi connectivity index (χ0v) is 21.8. The van der Waals surface area contributed by atoms with Crippen LogP contribution in [0, 0.1) is 12.8 Å². The largest absolute Gasteiger partial charge is 0.490 e. The Bertz CT molecular complexity index is 865. The van der Waals surface area contributed by atoms with Gasteiger partial charge in [-0.3, -0.25) is 0 Å². The van der Waals surface area contributed by atoms with Crippen LogP contribution in [0.25, 0.3) is 0 Å². The number of ether oxygens (including phenoxy) is 2. The molecule has 0 heterocycles. The van der Waals surface area contributed by atoms with E-state index in [1.165, 1.54) is 75.3 Å². The number of benzene rings is 2. The summed E-state index contributed by atoms with van der Waals surface area (Å²) in [5.74, 6) is 3.21. The standard InChI is InChI=1S/C32H46O2/c1-4-25-22-29(33-3)17-10-18-30(23-25)34-32-20-6-5-19-31(32)27-14-8-12-26(13-9-15-27)28-16-7-11-24(2)21-28/h5-7,11,16,19-21,25-27,29-30H,4,8-10,12-15,17-18,22-23H2,1-3H3. The molecule has 2 heteroatoms. The van der Waals surface area contributed by atoms with Crippen molar-refractivity contribution in [3.63, 3.8) is 0 Å². The van der Waals surface area contributed by atoms with E-state index in [-0.39, 0.29) is 0 Å². The Morgan fingerprint density at radius 3 is 2.18 bits per heavy atom. The molecule has 3 unspecified atom stereocenters. The first-order chi connectivity index (χ1) is 16.7. The van der Waals surface area contributed by atoms with E-state index in [0.717, 1.165) is 24.5 Å². The first kappa shape index (κ1) is 25.3. The summed E-state index contributed by atoms with van der Waals surface area (Å²) in [5, 5.41) is 0. The van der Waals surface area contributed by atoms with Crippen molar-refractivity contribution >= 4 is 0 Å². The van der Waals surface area contributed by atoms with E-state index in [1.807, 2.05) is 7.11 Å². The average molecular weight is 463 g/mol. The molecule has 34 heavy (non-hydrogen) atoms. The van der Waals surface area contributed by atoms with Crippen LogP contribution in [0.4, 0.5) is 0 Å². The lowest BCUT2D eigenvalue weighted by atomic mass is 9.80. The van der Waals surface area contributed by atoms with Crippen LogP contribution in [-0.2, 0) is 4.74 Å². The summed E-state index contributed by atoms with van der Waals surface area (Å²) in [6.07, 6.45) is 15.6. The average Bonchev–Trinajstić information content (AvgIpc) is 2.81. The van der Waals surface area contributed by atoms with Gasteiger partial charge >= 0.3 is 0 Å². The lowest BCUT2D eigenvalue weighted by Crippen LogP contribution is -2.27.